The number of carbonyl (C=O) groups is 3. The van der Waals surface area contributed by atoms with Gasteiger partial charge in [-0.1, -0.05) is 18.2 Å². The first-order chi connectivity index (χ1) is 12.7. The van der Waals surface area contributed by atoms with E-state index in [0.717, 1.165) is 11.0 Å². The number of pyridine rings is 1. The highest BCUT2D eigenvalue weighted by Gasteiger charge is 2.43. The van der Waals surface area contributed by atoms with Gasteiger partial charge in [0.15, 0.2) is 0 Å². The fourth-order valence-electron chi connectivity index (χ4n) is 2.98. The van der Waals surface area contributed by atoms with Gasteiger partial charge in [-0.15, -0.1) is 0 Å². The maximum Gasteiger partial charge on any atom is 0.416 e. The largest absolute Gasteiger partial charge is 0.461 e. The molecule has 1 aliphatic carbocycles. The Bertz CT molecular complexity index is 874. The summed E-state index contributed by atoms with van der Waals surface area (Å²) in [7, 11) is 0. The van der Waals surface area contributed by atoms with E-state index in [0.29, 0.717) is 18.1 Å². The predicted octanol–water partition coefficient (Wildman–Crippen LogP) is 2.65. The van der Waals surface area contributed by atoms with Crippen LogP contribution in [0.3, 0.4) is 0 Å². The number of ether oxygens (including phenoxy) is 1. The Morgan fingerprint density at radius 1 is 1.33 bits per heavy atom. The van der Waals surface area contributed by atoms with E-state index in [9.17, 15) is 27.6 Å². The van der Waals surface area contributed by atoms with E-state index in [1.165, 1.54) is 13.0 Å². The molecule has 0 bridgehead atoms. The third-order valence-electron chi connectivity index (χ3n) is 4.23. The van der Waals surface area contributed by atoms with Gasteiger partial charge in [-0.05, 0) is 25.5 Å². The third kappa shape index (κ3) is 3.62. The summed E-state index contributed by atoms with van der Waals surface area (Å²) in [5, 5.41) is 0. The van der Waals surface area contributed by atoms with Crippen molar-refractivity contribution in [2.75, 3.05) is 6.61 Å². The number of nitrogens with zero attached hydrogens (tertiary/aromatic N) is 2. The van der Waals surface area contributed by atoms with Crippen LogP contribution < -0.4 is 0 Å². The van der Waals surface area contributed by atoms with E-state index in [4.69, 9.17) is 4.74 Å². The lowest BCUT2D eigenvalue weighted by Crippen LogP contribution is -2.31. The van der Waals surface area contributed by atoms with Gasteiger partial charge in [0, 0.05) is 5.57 Å². The first-order valence-corrected chi connectivity index (χ1v) is 8.20. The number of fused-ring (bicyclic) bond motifs is 1. The van der Waals surface area contributed by atoms with Crippen LogP contribution >= 0.6 is 0 Å². The molecule has 0 spiro atoms. The van der Waals surface area contributed by atoms with Gasteiger partial charge in [0.1, 0.15) is 5.69 Å². The van der Waals surface area contributed by atoms with Crippen molar-refractivity contribution in [2.24, 2.45) is 5.92 Å². The number of hydrogen-bond acceptors (Lipinski definition) is 5. The Kier molecular flexibility index (Phi) is 4.86. The molecule has 0 aromatic carbocycles. The quantitative estimate of drug-likeness (QED) is 0.593. The Morgan fingerprint density at radius 3 is 2.70 bits per heavy atom. The summed E-state index contributed by atoms with van der Waals surface area (Å²) in [6.45, 7) is 1.03. The van der Waals surface area contributed by atoms with Crippen molar-refractivity contribution in [3.05, 3.63) is 52.9 Å². The first-order valence-electron chi connectivity index (χ1n) is 8.20. The second kappa shape index (κ2) is 6.98. The molecule has 2 heterocycles. The maximum absolute atomic E-state index is 13.2. The Labute approximate surface area is 152 Å². The molecule has 1 saturated heterocycles. The van der Waals surface area contributed by atoms with E-state index in [-0.39, 0.29) is 12.3 Å². The Morgan fingerprint density at radius 2 is 2.07 bits per heavy atom. The monoisotopic (exact) mass is 380 g/mol. The molecule has 1 unspecified atom stereocenters. The van der Waals surface area contributed by atoms with Crippen molar-refractivity contribution in [3.8, 4) is 0 Å². The molecule has 2 aliphatic rings. The number of halogens is 3. The molecule has 1 aromatic heterocycles. The number of esters is 1. The van der Waals surface area contributed by atoms with E-state index in [1.807, 2.05) is 0 Å². The zero-order chi connectivity index (χ0) is 19.8. The number of allylic oxidation sites excluding steroid dienone is 3. The van der Waals surface area contributed by atoms with Gasteiger partial charge in [-0.2, -0.15) is 13.2 Å². The van der Waals surface area contributed by atoms with Gasteiger partial charge in [-0.25, -0.2) is 9.78 Å². The molecule has 1 atom stereocenters. The van der Waals surface area contributed by atoms with Gasteiger partial charge in [0.25, 0.3) is 5.91 Å². The van der Waals surface area contributed by atoms with Crippen LogP contribution in [0.5, 0.6) is 0 Å². The molecule has 9 heteroatoms. The highest BCUT2D eigenvalue weighted by Crippen LogP contribution is 2.34. The minimum absolute atomic E-state index is 0.0297. The fourth-order valence-corrected chi connectivity index (χ4v) is 2.98. The molecule has 2 amide bonds. The number of alkyl halides is 3. The average molecular weight is 380 g/mol. The van der Waals surface area contributed by atoms with Crippen LogP contribution in [-0.4, -0.2) is 34.3 Å². The minimum Gasteiger partial charge on any atom is -0.461 e. The standard InChI is InChI=1S/C18H15F3N2O4/c1-2-27-17(26)14-8-10(18(19,20)21)7-11(22-14)9-23-15(24)12-5-3-4-6-13(12)16(23)25/h3-5,7-8,13H,2,6,9H2,1H3. The SMILES string of the molecule is CCOC(=O)c1cc(C(F)(F)F)cc(CN2C(=O)C3=CC=CCC3C2=O)n1. The summed E-state index contributed by atoms with van der Waals surface area (Å²) in [6, 6.07) is 1.30. The lowest BCUT2D eigenvalue weighted by molar-refractivity contribution is -0.139. The summed E-state index contributed by atoms with van der Waals surface area (Å²) in [5.74, 6) is -2.69. The third-order valence-corrected chi connectivity index (χ3v) is 4.23. The summed E-state index contributed by atoms with van der Waals surface area (Å²) in [5.41, 5.74) is -1.55. The summed E-state index contributed by atoms with van der Waals surface area (Å²) in [4.78, 5) is 41.4. The second-order valence-corrected chi connectivity index (χ2v) is 6.02. The molecule has 27 heavy (non-hydrogen) atoms. The molecule has 0 saturated carbocycles. The van der Waals surface area contributed by atoms with Crippen LogP contribution in [0.1, 0.15) is 35.1 Å². The van der Waals surface area contributed by atoms with E-state index < -0.39 is 47.7 Å². The molecule has 1 aliphatic heterocycles. The highest BCUT2D eigenvalue weighted by molar-refractivity contribution is 6.15. The number of imide groups is 1. The van der Waals surface area contributed by atoms with Gasteiger partial charge in [0.05, 0.1) is 30.3 Å². The van der Waals surface area contributed by atoms with Gasteiger partial charge >= 0.3 is 12.1 Å². The molecule has 6 nitrogen and oxygen atoms in total. The number of hydrogen-bond donors (Lipinski definition) is 0. The Balaban J connectivity index is 1.94. The van der Waals surface area contributed by atoms with Crippen LogP contribution in [0.15, 0.2) is 35.9 Å². The summed E-state index contributed by atoms with van der Waals surface area (Å²) >= 11 is 0. The highest BCUT2D eigenvalue weighted by atomic mass is 19.4. The number of carbonyl (C=O) groups excluding carboxylic acids is 3. The van der Waals surface area contributed by atoms with E-state index in [1.54, 1.807) is 12.2 Å². The molecule has 0 N–H and O–H groups in total. The van der Waals surface area contributed by atoms with Crippen LogP contribution in [0.2, 0.25) is 0 Å². The molecule has 1 aromatic rings. The molecular formula is C18H15F3N2O4. The summed E-state index contributed by atoms with van der Waals surface area (Å²) < 4.78 is 44.2. The number of amides is 2. The van der Waals surface area contributed by atoms with Crippen molar-refractivity contribution < 1.29 is 32.3 Å². The summed E-state index contributed by atoms with van der Waals surface area (Å²) in [6.07, 6.45) is 0.555. The zero-order valence-electron chi connectivity index (χ0n) is 14.2. The fraction of sp³-hybridized carbons (Fsp3) is 0.333. The van der Waals surface area contributed by atoms with Crippen molar-refractivity contribution >= 4 is 17.8 Å². The molecule has 142 valence electrons. The van der Waals surface area contributed by atoms with Crippen LogP contribution in [0, 0.1) is 5.92 Å². The van der Waals surface area contributed by atoms with Crippen molar-refractivity contribution in [3.63, 3.8) is 0 Å². The normalized spacial score (nSPS) is 19.2. The minimum atomic E-state index is -4.72. The topological polar surface area (TPSA) is 76.6 Å². The lowest BCUT2D eigenvalue weighted by atomic mass is 9.94. The maximum atomic E-state index is 13.2. The van der Waals surface area contributed by atoms with Crippen molar-refractivity contribution in [1.29, 1.82) is 0 Å². The molecular weight excluding hydrogens is 365 g/mol. The Hall–Kier alpha value is -2.97. The van der Waals surface area contributed by atoms with Gasteiger partial charge in [-0.3, -0.25) is 14.5 Å². The van der Waals surface area contributed by atoms with Crippen molar-refractivity contribution in [1.82, 2.24) is 9.88 Å². The van der Waals surface area contributed by atoms with Crippen LogP contribution in [0.25, 0.3) is 0 Å². The van der Waals surface area contributed by atoms with E-state index in [2.05, 4.69) is 4.98 Å². The zero-order valence-corrected chi connectivity index (χ0v) is 14.2. The average Bonchev–Trinajstić information content (AvgIpc) is 2.86. The molecule has 3 rings (SSSR count). The van der Waals surface area contributed by atoms with Crippen LogP contribution in [-0.2, 0) is 27.0 Å². The second-order valence-electron chi connectivity index (χ2n) is 6.02. The van der Waals surface area contributed by atoms with Gasteiger partial charge in [0.2, 0.25) is 5.91 Å². The smallest absolute Gasteiger partial charge is 0.416 e. The molecule has 1 fully saturated rings. The number of rotatable bonds is 4. The van der Waals surface area contributed by atoms with Gasteiger partial charge < -0.3 is 4.74 Å². The predicted molar refractivity (Wildman–Crippen MR) is 86.1 cm³/mol. The lowest BCUT2D eigenvalue weighted by Gasteiger charge is -2.16. The van der Waals surface area contributed by atoms with Crippen molar-refractivity contribution in [2.45, 2.75) is 26.1 Å². The van der Waals surface area contributed by atoms with E-state index >= 15 is 0 Å². The first kappa shape index (κ1) is 18.8. The number of likely N-dealkylation sites (tertiary alicyclic amines) is 1. The van der Waals surface area contributed by atoms with Crippen LogP contribution in [0.4, 0.5) is 13.2 Å². The number of aromatic nitrogens is 1. The molecule has 0 radical (unpaired) electrons.